The molecule has 0 saturated carbocycles. The van der Waals surface area contributed by atoms with Crippen molar-refractivity contribution in [3.05, 3.63) is 120 Å². The Morgan fingerprint density at radius 1 is 0.906 bits per heavy atom. The van der Waals surface area contributed by atoms with E-state index in [1.807, 2.05) is 60.2 Å². The predicted octanol–water partition coefficient (Wildman–Crippen LogP) is 4.67. The van der Waals surface area contributed by atoms with E-state index in [1.54, 1.807) is 48.9 Å². The number of para-hydroxylation sites is 1. The van der Waals surface area contributed by atoms with E-state index in [0.717, 1.165) is 11.1 Å². The molecule has 0 saturated heterocycles. The van der Waals surface area contributed by atoms with Gasteiger partial charge < -0.3 is 15.2 Å². The molecule has 0 bridgehead atoms. The van der Waals surface area contributed by atoms with Crippen LogP contribution in [0.2, 0.25) is 0 Å². The van der Waals surface area contributed by atoms with Crippen molar-refractivity contribution < 1.29 is 9.59 Å². The van der Waals surface area contributed by atoms with Crippen LogP contribution in [0.15, 0.2) is 97.6 Å². The smallest absolute Gasteiger partial charge is 0.255 e. The minimum Gasteiger partial charge on any atom is -0.345 e. The summed E-state index contributed by atoms with van der Waals surface area (Å²) in [6.45, 7) is 2.62. The number of rotatable bonds is 7. The zero-order chi connectivity index (χ0) is 22.3. The Morgan fingerprint density at radius 2 is 1.62 bits per heavy atom. The molecule has 0 fully saturated rings. The highest BCUT2D eigenvalue weighted by Gasteiger charge is 2.16. The van der Waals surface area contributed by atoms with E-state index in [2.05, 4.69) is 15.6 Å². The molecule has 0 aliphatic rings. The number of hydrogen-bond donors (Lipinski definition) is 2. The van der Waals surface area contributed by atoms with E-state index in [-0.39, 0.29) is 17.9 Å². The van der Waals surface area contributed by atoms with Crippen LogP contribution in [0.5, 0.6) is 0 Å². The number of amides is 2. The molecule has 0 aliphatic heterocycles. The Hall–Kier alpha value is -4.19. The summed E-state index contributed by atoms with van der Waals surface area (Å²) >= 11 is 0. The van der Waals surface area contributed by atoms with Crippen LogP contribution in [0.4, 0.5) is 5.69 Å². The minimum absolute atomic E-state index is 0.157. The van der Waals surface area contributed by atoms with E-state index >= 15 is 0 Å². The summed E-state index contributed by atoms with van der Waals surface area (Å²) in [4.78, 5) is 29.7. The van der Waals surface area contributed by atoms with Gasteiger partial charge in [0.25, 0.3) is 11.8 Å². The maximum absolute atomic E-state index is 12.9. The monoisotopic (exact) mass is 424 g/mol. The zero-order valence-corrected chi connectivity index (χ0v) is 17.7. The highest BCUT2D eigenvalue weighted by Crippen LogP contribution is 2.19. The predicted molar refractivity (Wildman–Crippen MR) is 124 cm³/mol. The number of benzene rings is 3. The average molecular weight is 425 g/mol. The lowest BCUT2D eigenvalue weighted by molar-refractivity contribution is 0.0941. The Labute approximate surface area is 186 Å². The first-order valence-electron chi connectivity index (χ1n) is 10.4. The van der Waals surface area contributed by atoms with Crippen LogP contribution in [0, 0.1) is 0 Å². The molecule has 6 heteroatoms. The van der Waals surface area contributed by atoms with E-state index < -0.39 is 0 Å². The molecule has 2 amide bonds. The van der Waals surface area contributed by atoms with Crippen molar-refractivity contribution in [1.82, 2.24) is 14.9 Å². The molecule has 1 aromatic heterocycles. The summed E-state index contributed by atoms with van der Waals surface area (Å²) in [5, 5.41) is 5.87. The number of aromatic nitrogens is 2. The second-order valence-electron chi connectivity index (χ2n) is 7.54. The van der Waals surface area contributed by atoms with Crippen molar-refractivity contribution >= 4 is 17.5 Å². The van der Waals surface area contributed by atoms with Crippen LogP contribution in [-0.2, 0) is 6.54 Å². The van der Waals surface area contributed by atoms with Crippen molar-refractivity contribution in [2.75, 3.05) is 5.32 Å². The topological polar surface area (TPSA) is 76.0 Å². The standard InChI is InChI=1S/C26H24N4O2/c1-19(21-7-3-2-4-8-21)28-26(32)23-9-5-6-10-24(23)29-25(31)22-13-11-20(12-14-22)17-30-16-15-27-18-30/h2-16,18-19H,17H2,1H3,(H,28,32)(H,29,31). The fourth-order valence-corrected chi connectivity index (χ4v) is 3.44. The SMILES string of the molecule is CC(NC(=O)c1ccccc1NC(=O)c1ccc(Cn2ccnc2)cc1)c1ccccc1. The van der Waals surface area contributed by atoms with Gasteiger partial charge in [0.05, 0.1) is 23.6 Å². The number of imidazole rings is 1. The third-order valence-electron chi connectivity index (χ3n) is 5.21. The molecule has 0 aliphatic carbocycles. The quantitative estimate of drug-likeness (QED) is 0.452. The van der Waals surface area contributed by atoms with E-state index in [0.29, 0.717) is 23.4 Å². The number of nitrogens with zero attached hydrogens (tertiary/aromatic N) is 2. The molecule has 1 atom stereocenters. The number of nitrogens with one attached hydrogen (secondary N) is 2. The molecule has 0 spiro atoms. The average Bonchev–Trinajstić information content (AvgIpc) is 3.33. The normalized spacial score (nSPS) is 11.5. The Kier molecular flexibility index (Phi) is 6.41. The van der Waals surface area contributed by atoms with Gasteiger partial charge in [0.2, 0.25) is 0 Å². The fraction of sp³-hybridized carbons (Fsp3) is 0.115. The van der Waals surface area contributed by atoms with Gasteiger partial charge in [-0.25, -0.2) is 4.98 Å². The number of carbonyl (C=O) groups is 2. The van der Waals surface area contributed by atoms with Gasteiger partial charge in [-0.1, -0.05) is 54.6 Å². The molecule has 0 radical (unpaired) electrons. The van der Waals surface area contributed by atoms with Gasteiger partial charge in [-0.3, -0.25) is 9.59 Å². The molecule has 1 heterocycles. The molecule has 6 nitrogen and oxygen atoms in total. The molecular formula is C26H24N4O2. The lowest BCUT2D eigenvalue weighted by Crippen LogP contribution is -2.28. The van der Waals surface area contributed by atoms with Crippen LogP contribution < -0.4 is 10.6 Å². The number of hydrogen-bond acceptors (Lipinski definition) is 3. The molecule has 160 valence electrons. The molecule has 4 rings (SSSR count). The van der Waals surface area contributed by atoms with Gasteiger partial charge in [0.1, 0.15) is 0 Å². The summed E-state index contributed by atoms with van der Waals surface area (Å²) in [6, 6.07) is 24.0. The van der Waals surface area contributed by atoms with Gasteiger partial charge in [0, 0.05) is 24.5 Å². The van der Waals surface area contributed by atoms with Crippen LogP contribution in [-0.4, -0.2) is 21.4 Å². The summed E-state index contributed by atoms with van der Waals surface area (Å²) in [5.74, 6) is -0.511. The first kappa shape index (κ1) is 21.1. The van der Waals surface area contributed by atoms with Crippen LogP contribution in [0.25, 0.3) is 0 Å². The van der Waals surface area contributed by atoms with Crippen molar-refractivity contribution in [1.29, 1.82) is 0 Å². The summed E-state index contributed by atoms with van der Waals surface area (Å²) in [6.07, 6.45) is 5.37. The lowest BCUT2D eigenvalue weighted by atomic mass is 10.1. The van der Waals surface area contributed by atoms with Crippen molar-refractivity contribution in [2.24, 2.45) is 0 Å². The summed E-state index contributed by atoms with van der Waals surface area (Å²) < 4.78 is 1.96. The molecule has 4 aromatic rings. The van der Waals surface area contributed by atoms with Crippen molar-refractivity contribution in [2.45, 2.75) is 19.5 Å². The summed E-state index contributed by atoms with van der Waals surface area (Å²) in [7, 11) is 0. The van der Waals surface area contributed by atoms with E-state index in [4.69, 9.17) is 0 Å². The van der Waals surface area contributed by atoms with Gasteiger partial charge in [-0.2, -0.15) is 0 Å². The molecule has 2 N–H and O–H groups in total. The van der Waals surface area contributed by atoms with Crippen LogP contribution in [0.1, 0.15) is 44.8 Å². The zero-order valence-electron chi connectivity index (χ0n) is 17.7. The van der Waals surface area contributed by atoms with E-state index in [1.165, 1.54) is 0 Å². The van der Waals surface area contributed by atoms with Crippen LogP contribution >= 0.6 is 0 Å². The molecule has 3 aromatic carbocycles. The van der Waals surface area contributed by atoms with Gasteiger partial charge >= 0.3 is 0 Å². The summed E-state index contributed by atoms with van der Waals surface area (Å²) in [5.41, 5.74) is 3.48. The van der Waals surface area contributed by atoms with Crippen LogP contribution in [0.3, 0.4) is 0 Å². The highest BCUT2D eigenvalue weighted by atomic mass is 16.2. The molecule has 32 heavy (non-hydrogen) atoms. The minimum atomic E-state index is -0.268. The largest absolute Gasteiger partial charge is 0.345 e. The number of carbonyl (C=O) groups excluding carboxylic acids is 2. The maximum Gasteiger partial charge on any atom is 0.255 e. The lowest BCUT2D eigenvalue weighted by Gasteiger charge is -2.16. The molecule has 1 unspecified atom stereocenters. The van der Waals surface area contributed by atoms with Crippen molar-refractivity contribution in [3.63, 3.8) is 0 Å². The second kappa shape index (κ2) is 9.75. The number of anilines is 1. The Bertz CT molecular complexity index is 1190. The Morgan fingerprint density at radius 3 is 2.34 bits per heavy atom. The first-order valence-corrected chi connectivity index (χ1v) is 10.4. The third-order valence-corrected chi connectivity index (χ3v) is 5.21. The maximum atomic E-state index is 12.9. The third kappa shape index (κ3) is 5.10. The Balaban J connectivity index is 1.44. The first-order chi connectivity index (χ1) is 15.6. The van der Waals surface area contributed by atoms with Crippen molar-refractivity contribution in [3.8, 4) is 0 Å². The van der Waals surface area contributed by atoms with Gasteiger partial charge in [0.15, 0.2) is 0 Å². The molecular weight excluding hydrogens is 400 g/mol. The second-order valence-corrected chi connectivity index (χ2v) is 7.54. The van der Waals surface area contributed by atoms with Gasteiger partial charge in [-0.05, 0) is 42.3 Å². The van der Waals surface area contributed by atoms with Gasteiger partial charge in [-0.15, -0.1) is 0 Å². The highest BCUT2D eigenvalue weighted by molar-refractivity contribution is 6.09. The fourth-order valence-electron chi connectivity index (χ4n) is 3.44. The van der Waals surface area contributed by atoms with E-state index in [9.17, 15) is 9.59 Å².